The molecule has 44 heavy (non-hydrogen) atoms. The molecule has 5 rings (SSSR count). The van der Waals surface area contributed by atoms with Crippen molar-refractivity contribution in [2.24, 2.45) is 0 Å². The zero-order valence-electron chi connectivity index (χ0n) is 23.9. The van der Waals surface area contributed by atoms with E-state index >= 15 is 0 Å². The molecular weight excluding hydrogens is 594 g/mol. The fraction of sp³-hybridized carbons (Fsp3) is 0.290. The van der Waals surface area contributed by atoms with Crippen LogP contribution in [-0.2, 0) is 26.4 Å². The fourth-order valence-electron chi connectivity index (χ4n) is 4.76. The van der Waals surface area contributed by atoms with Gasteiger partial charge in [-0.1, -0.05) is 25.1 Å². The van der Waals surface area contributed by atoms with Crippen molar-refractivity contribution in [2.45, 2.75) is 42.8 Å². The Morgan fingerprint density at radius 1 is 1.11 bits per heavy atom. The molecule has 0 aliphatic carbocycles. The molecule has 0 bridgehead atoms. The van der Waals surface area contributed by atoms with Gasteiger partial charge in [0.05, 0.1) is 25.0 Å². The van der Waals surface area contributed by atoms with Crippen LogP contribution in [0.2, 0.25) is 0 Å². The van der Waals surface area contributed by atoms with Gasteiger partial charge in [-0.15, -0.1) is 11.8 Å². The number of halogens is 2. The lowest BCUT2D eigenvalue weighted by Gasteiger charge is -2.37. The van der Waals surface area contributed by atoms with E-state index in [4.69, 9.17) is 14.2 Å². The van der Waals surface area contributed by atoms with E-state index in [0.29, 0.717) is 17.0 Å². The molecule has 230 valence electrons. The molecule has 0 saturated carbocycles. The number of rotatable bonds is 10. The van der Waals surface area contributed by atoms with E-state index in [1.54, 1.807) is 55.5 Å². The zero-order chi connectivity index (χ0) is 31.3. The number of ether oxygens (including phenoxy) is 3. The predicted octanol–water partition coefficient (Wildman–Crippen LogP) is 4.86. The van der Waals surface area contributed by atoms with Crippen LogP contribution in [-0.4, -0.2) is 55.5 Å². The van der Waals surface area contributed by atoms with Crippen molar-refractivity contribution in [1.29, 1.82) is 0 Å². The van der Waals surface area contributed by atoms with Gasteiger partial charge in [0.25, 0.3) is 5.91 Å². The quantitative estimate of drug-likeness (QED) is 0.188. The first-order valence-corrected chi connectivity index (χ1v) is 14.6. The molecule has 4 aromatic rings. The van der Waals surface area contributed by atoms with E-state index in [9.17, 15) is 23.5 Å². The number of hydrogen-bond acceptors (Lipinski definition) is 9. The fourth-order valence-corrected chi connectivity index (χ4v) is 6.08. The summed E-state index contributed by atoms with van der Waals surface area (Å²) in [5.41, 5.74) is -0.0983. The van der Waals surface area contributed by atoms with Crippen molar-refractivity contribution < 1.29 is 37.7 Å². The highest BCUT2D eigenvalue weighted by molar-refractivity contribution is 8.00. The lowest BCUT2D eigenvalue weighted by atomic mass is 9.90. The van der Waals surface area contributed by atoms with E-state index in [2.05, 4.69) is 15.4 Å². The summed E-state index contributed by atoms with van der Waals surface area (Å²) in [6, 6.07) is 16.4. The van der Waals surface area contributed by atoms with Crippen molar-refractivity contribution in [3.8, 4) is 5.75 Å². The number of anilines is 1. The van der Waals surface area contributed by atoms with Crippen molar-refractivity contribution in [3.05, 3.63) is 108 Å². The number of carbonyl (C=O) groups excluding carboxylic acids is 2. The smallest absolute Gasteiger partial charge is 0.308 e. The van der Waals surface area contributed by atoms with Crippen LogP contribution in [0, 0.1) is 11.6 Å². The van der Waals surface area contributed by atoms with E-state index < -0.39 is 34.7 Å². The molecule has 0 radical (unpaired) electrons. The molecule has 1 aromatic heterocycles. The van der Waals surface area contributed by atoms with Gasteiger partial charge in [0.2, 0.25) is 0 Å². The highest BCUT2D eigenvalue weighted by Gasteiger charge is 2.41. The molecule has 1 amide bonds. The predicted molar refractivity (Wildman–Crippen MR) is 158 cm³/mol. The Morgan fingerprint density at radius 2 is 1.82 bits per heavy atom. The molecule has 1 aliphatic rings. The summed E-state index contributed by atoms with van der Waals surface area (Å²) in [6.07, 6.45) is 2.07. The number of benzene rings is 3. The molecule has 1 saturated heterocycles. The van der Waals surface area contributed by atoms with E-state index in [1.165, 1.54) is 42.1 Å². The van der Waals surface area contributed by atoms with Crippen molar-refractivity contribution in [1.82, 2.24) is 14.8 Å². The number of carbonyl (C=O) groups is 2. The summed E-state index contributed by atoms with van der Waals surface area (Å²) in [5.74, 6) is -1.96. The third-order valence-corrected chi connectivity index (χ3v) is 8.48. The third kappa shape index (κ3) is 7.48. The minimum atomic E-state index is -1.74. The number of nitrogens with one attached hydrogen (secondary N) is 1. The summed E-state index contributed by atoms with van der Waals surface area (Å²) < 4.78 is 46.8. The maximum Gasteiger partial charge on any atom is 0.308 e. The highest BCUT2D eigenvalue weighted by atomic mass is 32.2. The summed E-state index contributed by atoms with van der Waals surface area (Å²) in [6.45, 7) is 3.55. The first-order chi connectivity index (χ1) is 21.1. The average molecular weight is 625 g/mol. The van der Waals surface area contributed by atoms with Crippen molar-refractivity contribution >= 4 is 29.3 Å². The van der Waals surface area contributed by atoms with Crippen LogP contribution in [0.4, 0.5) is 14.5 Å². The molecule has 13 heteroatoms. The number of hydrogen-bond donors (Lipinski definition) is 2. The van der Waals surface area contributed by atoms with Crippen LogP contribution in [0.1, 0.15) is 41.6 Å². The van der Waals surface area contributed by atoms with Gasteiger partial charge in [0.15, 0.2) is 6.29 Å². The standard InChI is InChI=1S/C31H30F2N4O6S/c1-19(31(40,16-37-18-34-17-35-37)27-12-7-23(32)13-28(27)33)44-26-14-41-30(42-15-26)22-5-3-21(4-6-22)29(39)36-24-8-10-25(11-9-24)43-20(2)38/h3-13,17-19,26,30,40H,14-16H2,1-2H3,(H,36,39)/t19-,26?,30?,31-/m1/s1. The van der Waals surface area contributed by atoms with Crippen LogP contribution in [0.3, 0.4) is 0 Å². The van der Waals surface area contributed by atoms with Crippen LogP contribution < -0.4 is 10.1 Å². The van der Waals surface area contributed by atoms with Gasteiger partial charge >= 0.3 is 5.97 Å². The summed E-state index contributed by atoms with van der Waals surface area (Å²) in [5, 5.41) is 17.8. The van der Waals surface area contributed by atoms with E-state index in [0.717, 1.165) is 17.7 Å². The summed E-state index contributed by atoms with van der Waals surface area (Å²) in [7, 11) is 0. The van der Waals surface area contributed by atoms with Gasteiger partial charge < -0.3 is 24.6 Å². The second-order valence-corrected chi connectivity index (χ2v) is 11.9. The van der Waals surface area contributed by atoms with Crippen LogP contribution in [0.15, 0.2) is 79.4 Å². The number of thioether (sulfide) groups is 1. The number of amides is 1. The minimum absolute atomic E-state index is 0.0481. The van der Waals surface area contributed by atoms with Gasteiger partial charge in [-0.25, -0.2) is 18.4 Å². The maximum atomic E-state index is 14.8. The minimum Gasteiger partial charge on any atom is -0.427 e. The van der Waals surface area contributed by atoms with Crippen molar-refractivity contribution in [2.75, 3.05) is 18.5 Å². The second-order valence-electron chi connectivity index (χ2n) is 10.2. The molecule has 2 N–H and O–H groups in total. The summed E-state index contributed by atoms with van der Waals surface area (Å²) >= 11 is 1.37. The number of esters is 1. The molecule has 2 atom stereocenters. The second kappa shape index (κ2) is 13.6. The Kier molecular flexibility index (Phi) is 9.69. The van der Waals surface area contributed by atoms with Crippen LogP contribution >= 0.6 is 11.8 Å². The number of aliphatic hydroxyl groups is 1. The first kappa shape index (κ1) is 31.3. The maximum absolute atomic E-state index is 14.8. The van der Waals surface area contributed by atoms with Crippen molar-refractivity contribution in [3.63, 3.8) is 0 Å². The summed E-state index contributed by atoms with van der Waals surface area (Å²) in [4.78, 5) is 27.7. The Balaban J connectivity index is 1.17. The van der Waals surface area contributed by atoms with Gasteiger partial charge in [-0.3, -0.25) is 9.59 Å². The molecule has 3 aromatic carbocycles. The van der Waals surface area contributed by atoms with Crippen LogP contribution in [0.5, 0.6) is 5.75 Å². The lowest BCUT2D eigenvalue weighted by Crippen LogP contribution is -2.43. The average Bonchev–Trinajstić information content (AvgIpc) is 3.51. The topological polar surface area (TPSA) is 125 Å². The zero-order valence-corrected chi connectivity index (χ0v) is 24.7. The molecular formula is C31H30F2N4O6S. The van der Waals surface area contributed by atoms with Gasteiger partial charge in [0.1, 0.15) is 35.6 Å². The van der Waals surface area contributed by atoms with Gasteiger partial charge in [-0.2, -0.15) is 5.10 Å². The number of aromatic nitrogens is 3. The Labute approximate surface area is 256 Å². The first-order valence-electron chi connectivity index (χ1n) is 13.7. The third-order valence-electron chi connectivity index (χ3n) is 7.02. The SMILES string of the molecule is CC(=O)Oc1ccc(NC(=O)c2ccc(C3OCC(S[C@H](C)[C@](O)(Cn4cncn4)c4ccc(F)cc4F)CO3)cc2)cc1. The normalized spacial score (nSPS) is 18.7. The van der Waals surface area contributed by atoms with Gasteiger partial charge in [0, 0.05) is 40.6 Å². The molecule has 0 spiro atoms. The molecule has 1 aliphatic heterocycles. The molecule has 0 unspecified atom stereocenters. The monoisotopic (exact) mass is 624 g/mol. The van der Waals surface area contributed by atoms with E-state index in [1.807, 2.05) is 0 Å². The Morgan fingerprint density at radius 3 is 2.43 bits per heavy atom. The Bertz CT molecular complexity index is 1580. The molecule has 2 heterocycles. The highest BCUT2D eigenvalue weighted by Crippen LogP contribution is 2.39. The lowest BCUT2D eigenvalue weighted by molar-refractivity contribution is -0.180. The number of nitrogens with zero attached hydrogens (tertiary/aromatic N) is 3. The van der Waals surface area contributed by atoms with Crippen LogP contribution in [0.25, 0.3) is 0 Å². The molecule has 1 fully saturated rings. The van der Waals surface area contributed by atoms with E-state index in [-0.39, 0.29) is 36.5 Å². The van der Waals surface area contributed by atoms with Gasteiger partial charge in [-0.05, 0) is 42.5 Å². The molecule has 10 nitrogen and oxygen atoms in total. The Hall–Kier alpha value is -4.17. The largest absolute Gasteiger partial charge is 0.427 e.